The molecule has 0 aromatic heterocycles. The monoisotopic (exact) mass is 258 g/mol. The molecule has 0 aliphatic heterocycles. The largest absolute Gasteiger partial charge is 0.466 e. The van der Waals surface area contributed by atoms with Crippen molar-refractivity contribution >= 4 is 11.9 Å². The number of unbranched alkanes of at least 4 members (excludes halogenated alkanes) is 1. The Hall–Kier alpha value is -1.06. The van der Waals surface area contributed by atoms with E-state index in [2.05, 4.69) is 6.92 Å². The standard InChI is InChI=1S/C14H26O4/c1-5-9-10-12(14(16)18-8-4)11(6-2)13(15)17-7-3/h11-12H,5-10H2,1-4H3. The average molecular weight is 258 g/mol. The van der Waals surface area contributed by atoms with Crippen molar-refractivity contribution in [1.29, 1.82) is 0 Å². The fourth-order valence-corrected chi connectivity index (χ4v) is 2.02. The van der Waals surface area contributed by atoms with E-state index in [1.807, 2.05) is 6.92 Å². The second-order valence-electron chi connectivity index (χ2n) is 4.27. The minimum absolute atomic E-state index is 0.272. The van der Waals surface area contributed by atoms with Gasteiger partial charge in [-0.2, -0.15) is 0 Å². The van der Waals surface area contributed by atoms with Crippen molar-refractivity contribution in [3.05, 3.63) is 0 Å². The SMILES string of the molecule is CCCCC(C(=O)OCC)C(CC)C(=O)OCC. The second kappa shape index (κ2) is 9.92. The molecule has 0 fully saturated rings. The van der Waals surface area contributed by atoms with Crippen LogP contribution in [-0.4, -0.2) is 25.2 Å². The first-order valence-electron chi connectivity index (χ1n) is 6.95. The molecule has 106 valence electrons. The lowest BCUT2D eigenvalue weighted by atomic mass is 9.86. The molecule has 0 radical (unpaired) electrons. The van der Waals surface area contributed by atoms with E-state index in [4.69, 9.17) is 9.47 Å². The lowest BCUT2D eigenvalue weighted by Gasteiger charge is -2.22. The highest BCUT2D eigenvalue weighted by Gasteiger charge is 2.33. The van der Waals surface area contributed by atoms with Gasteiger partial charge >= 0.3 is 11.9 Å². The smallest absolute Gasteiger partial charge is 0.309 e. The highest BCUT2D eigenvalue weighted by molar-refractivity contribution is 5.82. The lowest BCUT2D eigenvalue weighted by molar-refractivity contribution is -0.160. The molecule has 4 heteroatoms. The first-order chi connectivity index (χ1) is 8.62. The Labute approximate surface area is 110 Å². The lowest BCUT2D eigenvalue weighted by Crippen LogP contribution is -2.32. The summed E-state index contributed by atoms with van der Waals surface area (Å²) in [6, 6.07) is 0. The molecule has 0 saturated heterocycles. The molecule has 0 amide bonds. The van der Waals surface area contributed by atoms with Crippen LogP contribution in [0.4, 0.5) is 0 Å². The molecule has 2 unspecified atom stereocenters. The maximum atomic E-state index is 11.9. The van der Waals surface area contributed by atoms with Crippen LogP contribution < -0.4 is 0 Å². The minimum atomic E-state index is -0.379. The van der Waals surface area contributed by atoms with Crippen LogP contribution in [0, 0.1) is 11.8 Å². The van der Waals surface area contributed by atoms with Crippen LogP contribution in [0.3, 0.4) is 0 Å². The van der Waals surface area contributed by atoms with Gasteiger partial charge in [0, 0.05) is 0 Å². The fourth-order valence-electron chi connectivity index (χ4n) is 2.02. The Morgan fingerprint density at radius 2 is 1.39 bits per heavy atom. The molecule has 0 heterocycles. The van der Waals surface area contributed by atoms with Gasteiger partial charge in [0.2, 0.25) is 0 Å². The van der Waals surface area contributed by atoms with Gasteiger partial charge in [-0.1, -0.05) is 26.7 Å². The molecular formula is C14H26O4. The van der Waals surface area contributed by atoms with Gasteiger partial charge in [-0.15, -0.1) is 0 Å². The quantitative estimate of drug-likeness (QED) is 0.597. The van der Waals surface area contributed by atoms with Crippen LogP contribution in [0.1, 0.15) is 53.4 Å². The molecule has 0 N–H and O–H groups in total. The zero-order valence-corrected chi connectivity index (χ0v) is 12.0. The summed E-state index contributed by atoms with van der Waals surface area (Å²) in [6.07, 6.45) is 3.20. The maximum absolute atomic E-state index is 11.9. The van der Waals surface area contributed by atoms with E-state index in [1.165, 1.54) is 0 Å². The number of ether oxygens (including phenoxy) is 2. The summed E-state index contributed by atoms with van der Waals surface area (Å²) in [5.74, 6) is -1.30. The Morgan fingerprint density at radius 1 is 0.889 bits per heavy atom. The van der Waals surface area contributed by atoms with Crippen molar-refractivity contribution in [3.8, 4) is 0 Å². The predicted octanol–water partition coefficient (Wildman–Crippen LogP) is 2.95. The van der Waals surface area contributed by atoms with Crippen LogP contribution in [-0.2, 0) is 19.1 Å². The predicted molar refractivity (Wildman–Crippen MR) is 70.1 cm³/mol. The summed E-state index contributed by atoms with van der Waals surface area (Å²) in [6.45, 7) is 8.21. The number of hydrogen-bond donors (Lipinski definition) is 0. The Kier molecular flexibility index (Phi) is 9.33. The number of hydrogen-bond acceptors (Lipinski definition) is 4. The minimum Gasteiger partial charge on any atom is -0.466 e. The zero-order valence-electron chi connectivity index (χ0n) is 12.0. The van der Waals surface area contributed by atoms with Crippen LogP contribution >= 0.6 is 0 Å². The number of esters is 2. The van der Waals surface area contributed by atoms with E-state index < -0.39 is 0 Å². The fraction of sp³-hybridized carbons (Fsp3) is 0.857. The summed E-state index contributed by atoms with van der Waals surface area (Å²) in [5, 5.41) is 0. The molecule has 0 aliphatic carbocycles. The Bertz CT molecular complexity index is 250. The van der Waals surface area contributed by atoms with Gasteiger partial charge in [-0.3, -0.25) is 9.59 Å². The summed E-state index contributed by atoms with van der Waals surface area (Å²) in [5.41, 5.74) is 0. The van der Waals surface area contributed by atoms with Crippen LogP contribution in [0.5, 0.6) is 0 Å². The molecule has 0 aromatic carbocycles. The van der Waals surface area contributed by atoms with Crippen LogP contribution in [0.25, 0.3) is 0 Å². The van der Waals surface area contributed by atoms with Crippen LogP contribution in [0.2, 0.25) is 0 Å². The third kappa shape index (κ3) is 5.52. The van der Waals surface area contributed by atoms with Crippen molar-refractivity contribution in [2.24, 2.45) is 11.8 Å². The maximum Gasteiger partial charge on any atom is 0.309 e. The highest BCUT2D eigenvalue weighted by Crippen LogP contribution is 2.25. The molecule has 0 spiro atoms. The Morgan fingerprint density at radius 3 is 1.78 bits per heavy atom. The highest BCUT2D eigenvalue weighted by atomic mass is 16.5. The van der Waals surface area contributed by atoms with Gasteiger partial charge in [0.15, 0.2) is 0 Å². The van der Waals surface area contributed by atoms with Gasteiger partial charge in [0.1, 0.15) is 0 Å². The number of rotatable bonds is 9. The molecular weight excluding hydrogens is 232 g/mol. The van der Waals surface area contributed by atoms with E-state index in [0.29, 0.717) is 26.1 Å². The van der Waals surface area contributed by atoms with Gasteiger partial charge in [0.25, 0.3) is 0 Å². The van der Waals surface area contributed by atoms with Crippen molar-refractivity contribution in [3.63, 3.8) is 0 Å². The first-order valence-corrected chi connectivity index (χ1v) is 6.95. The topological polar surface area (TPSA) is 52.6 Å². The third-order valence-corrected chi connectivity index (χ3v) is 2.97. The normalized spacial score (nSPS) is 13.8. The van der Waals surface area contributed by atoms with Gasteiger partial charge in [-0.25, -0.2) is 0 Å². The second-order valence-corrected chi connectivity index (χ2v) is 4.27. The average Bonchev–Trinajstić information content (AvgIpc) is 2.34. The molecule has 0 rings (SSSR count). The van der Waals surface area contributed by atoms with Crippen molar-refractivity contribution < 1.29 is 19.1 Å². The summed E-state index contributed by atoms with van der Waals surface area (Å²) in [4.78, 5) is 23.8. The molecule has 18 heavy (non-hydrogen) atoms. The first kappa shape index (κ1) is 16.9. The molecule has 0 aromatic rings. The molecule has 2 atom stereocenters. The number of carbonyl (C=O) groups is 2. The van der Waals surface area contributed by atoms with E-state index in [0.717, 1.165) is 12.8 Å². The van der Waals surface area contributed by atoms with Gasteiger partial charge in [0.05, 0.1) is 25.0 Å². The van der Waals surface area contributed by atoms with Crippen LogP contribution in [0.15, 0.2) is 0 Å². The van der Waals surface area contributed by atoms with E-state index in [-0.39, 0.29) is 23.8 Å². The van der Waals surface area contributed by atoms with E-state index in [1.54, 1.807) is 13.8 Å². The Balaban J connectivity index is 4.76. The van der Waals surface area contributed by atoms with E-state index >= 15 is 0 Å². The van der Waals surface area contributed by atoms with Gasteiger partial charge in [-0.05, 0) is 26.7 Å². The third-order valence-electron chi connectivity index (χ3n) is 2.97. The molecule has 4 nitrogen and oxygen atoms in total. The van der Waals surface area contributed by atoms with Gasteiger partial charge < -0.3 is 9.47 Å². The van der Waals surface area contributed by atoms with Crippen molar-refractivity contribution in [2.75, 3.05) is 13.2 Å². The van der Waals surface area contributed by atoms with Crippen molar-refractivity contribution in [2.45, 2.75) is 53.4 Å². The molecule has 0 saturated carbocycles. The summed E-state index contributed by atoms with van der Waals surface area (Å²) in [7, 11) is 0. The molecule has 0 aliphatic rings. The molecule has 0 bridgehead atoms. The van der Waals surface area contributed by atoms with Crippen molar-refractivity contribution in [1.82, 2.24) is 0 Å². The zero-order chi connectivity index (χ0) is 14.0. The summed E-state index contributed by atoms with van der Waals surface area (Å²) < 4.78 is 10.1. The van der Waals surface area contributed by atoms with E-state index in [9.17, 15) is 9.59 Å². The summed E-state index contributed by atoms with van der Waals surface area (Å²) >= 11 is 0. The number of carbonyl (C=O) groups excluding carboxylic acids is 2.